The molecule has 0 saturated heterocycles. The summed E-state index contributed by atoms with van der Waals surface area (Å²) in [6.45, 7) is 11.8. The fourth-order valence-corrected chi connectivity index (χ4v) is 3.88. The highest BCUT2D eigenvalue weighted by molar-refractivity contribution is 5.29. The van der Waals surface area contributed by atoms with Gasteiger partial charge in [-0.1, -0.05) is 42.5 Å². The third-order valence-corrected chi connectivity index (χ3v) is 5.57. The molecule has 25 heavy (non-hydrogen) atoms. The molecule has 1 fully saturated rings. The molecule has 0 bridgehead atoms. The molecule has 3 atom stereocenters. The van der Waals surface area contributed by atoms with Gasteiger partial charge >= 0.3 is 0 Å². The summed E-state index contributed by atoms with van der Waals surface area (Å²) in [6.07, 6.45) is 5.54. The monoisotopic (exact) mass is 344 g/mol. The standard InChI is InChI=1S/C22H32O3/c1-4-22(16-24)11-10-20(17(2)3)21(14-22)19-8-6-18(7-9-19)15-25-13-5-12-23/h4,6-9,20-21,23-24H,1-2,5,10-16H2,3H3/t20-,21-,22-/m0/s1. The van der Waals surface area contributed by atoms with Crippen molar-refractivity contribution < 1.29 is 14.9 Å². The van der Waals surface area contributed by atoms with Crippen LogP contribution in [0.5, 0.6) is 0 Å². The number of allylic oxidation sites excluding steroid dienone is 1. The maximum absolute atomic E-state index is 9.89. The average molecular weight is 344 g/mol. The number of aliphatic hydroxyl groups is 2. The second-order valence-corrected chi connectivity index (χ2v) is 7.40. The van der Waals surface area contributed by atoms with Crippen molar-refractivity contribution in [1.82, 2.24) is 0 Å². The molecule has 138 valence electrons. The Kier molecular flexibility index (Phi) is 7.42. The molecule has 2 rings (SSSR count). The molecule has 0 radical (unpaired) electrons. The second kappa shape index (κ2) is 9.33. The molecule has 2 N–H and O–H groups in total. The fourth-order valence-electron chi connectivity index (χ4n) is 3.88. The van der Waals surface area contributed by atoms with Crippen molar-refractivity contribution >= 4 is 0 Å². The van der Waals surface area contributed by atoms with Crippen molar-refractivity contribution in [2.45, 2.75) is 45.1 Å². The minimum absolute atomic E-state index is 0.159. The Bertz CT molecular complexity index is 563. The predicted octanol–water partition coefficient (Wildman–Crippen LogP) is 4.21. The maximum atomic E-state index is 9.89. The van der Waals surface area contributed by atoms with Gasteiger partial charge in [0, 0.05) is 18.6 Å². The quantitative estimate of drug-likeness (QED) is 0.521. The molecule has 3 heteroatoms. The molecule has 0 aliphatic heterocycles. The van der Waals surface area contributed by atoms with Crippen LogP contribution in [0.15, 0.2) is 49.1 Å². The van der Waals surface area contributed by atoms with Crippen LogP contribution in [-0.2, 0) is 11.3 Å². The van der Waals surface area contributed by atoms with Crippen LogP contribution in [0.25, 0.3) is 0 Å². The van der Waals surface area contributed by atoms with E-state index in [1.807, 2.05) is 6.08 Å². The number of hydrogen-bond acceptors (Lipinski definition) is 3. The van der Waals surface area contributed by atoms with E-state index in [0.29, 0.717) is 31.5 Å². The molecule has 1 aromatic carbocycles. The largest absolute Gasteiger partial charge is 0.396 e. The van der Waals surface area contributed by atoms with Crippen LogP contribution in [-0.4, -0.2) is 30.0 Å². The fraction of sp³-hybridized carbons (Fsp3) is 0.545. The van der Waals surface area contributed by atoms with Gasteiger partial charge in [0.25, 0.3) is 0 Å². The first-order chi connectivity index (χ1) is 12.0. The van der Waals surface area contributed by atoms with Gasteiger partial charge in [-0.05, 0) is 55.6 Å². The van der Waals surface area contributed by atoms with E-state index >= 15 is 0 Å². The van der Waals surface area contributed by atoms with Crippen LogP contribution < -0.4 is 0 Å². The zero-order chi connectivity index (χ0) is 18.3. The predicted molar refractivity (Wildman–Crippen MR) is 102 cm³/mol. The van der Waals surface area contributed by atoms with Gasteiger partial charge in [-0.3, -0.25) is 0 Å². The molecule has 0 heterocycles. The lowest BCUT2D eigenvalue weighted by Gasteiger charge is -2.43. The van der Waals surface area contributed by atoms with Gasteiger partial charge in [0.2, 0.25) is 0 Å². The molecule has 0 amide bonds. The number of hydrogen-bond donors (Lipinski definition) is 2. The summed E-state index contributed by atoms with van der Waals surface area (Å²) < 4.78 is 5.55. The zero-order valence-corrected chi connectivity index (χ0v) is 15.4. The minimum atomic E-state index is -0.178. The first-order valence-electron chi connectivity index (χ1n) is 9.22. The normalized spacial score (nSPS) is 26.4. The molecule has 1 saturated carbocycles. The van der Waals surface area contributed by atoms with E-state index in [0.717, 1.165) is 24.8 Å². The van der Waals surface area contributed by atoms with E-state index in [1.165, 1.54) is 11.1 Å². The Hall–Kier alpha value is -1.42. The summed E-state index contributed by atoms with van der Waals surface area (Å²) >= 11 is 0. The Labute approximate surface area is 152 Å². The van der Waals surface area contributed by atoms with Gasteiger partial charge in [0.1, 0.15) is 0 Å². The Morgan fingerprint density at radius 2 is 2.04 bits per heavy atom. The Morgan fingerprint density at radius 3 is 2.60 bits per heavy atom. The van der Waals surface area contributed by atoms with Crippen LogP contribution in [0, 0.1) is 11.3 Å². The molecule has 3 nitrogen and oxygen atoms in total. The van der Waals surface area contributed by atoms with Crippen LogP contribution >= 0.6 is 0 Å². The van der Waals surface area contributed by atoms with Crippen molar-refractivity contribution in [2.24, 2.45) is 11.3 Å². The van der Waals surface area contributed by atoms with Gasteiger partial charge in [-0.25, -0.2) is 0 Å². The third-order valence-electron chi connectivity index (χ3n) is 5.57. The van der Waals surface area contributed by atoms with Crippen molar-refractivity contribution in [2.75, 3.05) is 19.8 Å². The molecular weight excluding hydrogens is 312 g/mol. The van der Waals surface area contributed by atoms with Gasteiger partial charge in [-0.2, -0.15) is 0 Å². The highest BCUT2D eigenvalue weighted by atomic mass is 16.5. The summed E-state index contributed by atoms with van der Waals surface area (Å²) in [6, 6.07) is 8.60. The number of benzene rings is 1. The second-order valence-electron chi connectivity index (χ2n) is 7.40. The molecule has 0 aromatic heterocycles. The van der Waals surface area contributed by atoms with E-state index in [2.05, 4.69) is 44.3 Å². The summed E-state index contributed by atoms with van der Waals surface area (Å²) in [5, 5.41) is 18.7. The number of aliphatic hydroxyl groups excluding tert-OH is 2. The summed E-state index contributed by atoms with van der Waals surface area (Å²) in [7, 11) is 0. The lowest BCUT2D eigenvalue weighted by molar-refractivity contribution is 0.0998. The lowest BCUT2D eigenvalue weighted by atomic mass is 9.62. The Morgan fingerprint density at radius 1 is 1.32 bits per heavy atom. The maximum Gasteiger partial charge on any atom is 0.0716 e. The zero-order valence-electron chi connectivity index (χ0n) is 15.4. The van der Waals surface area contributed by atoms with E-state index in [4.69, 9.17) is 9.84 Å². The van der Waals surface area contributed by atoms with Gasteiger partial charge in [0.15, 0.2) is 0 Å². The molecule has 1 aliphatic carbocycles. The molecular formula is C22H32O3. The van der Waals surface area contributed by atoms with E-state index in [9.17, 15) is 5.11 Å². The van der Waals surface area contributed by atoms with Gasteiger partial charge in [0.05, 0.1) is 13.2 Å². The Balaban J connectivity index is 2.12. The first-order valence-corrected chi connectivity index (χ1v) is 9.22. The summed E-state index contributed by atoms with van der Waals surface area (Å²) in [5.74, 6) is 0.812. The average Bonchev–Trinajstić information content (AvgIpc) is 2.65. The molecule has 0 unspecified atom stereocenters. The van der Waals surface area contributed by atoms with Crippen LogP contribution in [0.4, 0.5) is 0 Å². The first kappa shape index (κ1) is 19.9. The molecule has 1 aromatic rings. The molecule has 1 aliphatic rings. The van der Waals surface area contributed by atoms with Crippen molar-refractivity contribution in [3.8, 4) is 0 Å². The van der Waals surface area contributed by atoms with Crippen molar-refractivity contribution in [3.63, 3.8) is 0 Å². The summed E-state index contributed by atoms with van der Waals surface area (Å²) in [4.78, 5) is 0. The number of rotatable bonds is 9. The molecule has 0 spiro atoms. The lowest BCUT2D eigenvalue weighted by Crippen LogP contribution is -2.34. The summed E-state index contributed by atoms with van der Waals surface area (Å²) in [5.41, 5.74) is 3.48. The smallest absolute Gasteiger partial charge is 0.0716 e. The third kappa shape index (κ3) is 5.04. The van der Waals surface area contributed by atoms with Crippen LogP contribution in [0.3, 0.4) is 0 Å². The van der Waals surface area contributed by atoms with Crippen LogP contribution in [0.2, 0.25) is 0 Å². The van der Waals surface area contributed by atoms with Crippen LogP contribution in [0.1, 0.15) is 49.7 Å². The topological polar surface area (TPSA) is 49.7 Å². The van der Waals surface area contributed by atoms with E-state index in [1.54, 1.807) is 0 Å². The van der Waals surface area contributed by atoms with E-state index in [-0.39, 0.29) is 18.6 Å². The van der Waals surface area contributed by atoms with Gasteiger partial charge in [-0.15, -0.1) is 6.58 Å². The highest BCUT2D eigenvalue weighted by Gasteiger charge is 2.39. The minimum Gasteiger partial charge on any atom is -0.396 e. The van der Waals surface area contributed by atoms with E-state index < -0.39 is 0 Å². The van der Waals surface area contributed by atoms with Crippen molar-refractivity contribution in [1.29, 1.82) is 0 Å². The SMILES string of the molecule is C=C[C@]1(CO)CC[C@@H](C(=C)C)[C@H](c2ccc(COCCCO)cc2)C1. The highest BCUT2D eigenvalue weighted by Crippen LogP contribution is 2.49. The van der Waals surface area contributed by atoms with Gasteiger partial charge < -0.3 is 14.9 Å². The van der Waals surface area contributed by atoms with Crippen molar-refractivity contribution in [3.05, 3.63) is 60.2 Å². The number of ether oxygens (including phenoxy) is 1.